The van der Waals surface area contributed by atoms with Crippen molar-refractivity contribution in [1.29, 1.82) is 0 Å². The molecule has 0 aliphatic carbocycles. The van der Waals surface area contributed by atoms with Crippen molar-refractivity contribution in [3.05, 3.63) is 82.4 Å². The number of carbonyl (C=O) groups excluding carboxylic acids is 2. The fourth-order valence-corrected chi connectivity index (χ4v) is 2.81. The van der Waals surface area contributed by atoms with Gasteiger partial charge in [0.05, 0.1) is 5.69 Å². The van der Waals surface area contributed by atoms with Crippen molar-refractivity contribution >= 4 is 17.4 Å². The Bertz CT molecular complexity index is 1090. The Labute approximate surface area is 167 Å². The Morgan fingerprint density at radius 1 is 1.07 bits per heavy atom. The number of hydrogen-bond donors (Lipinski definition) is 1. The van der Waals surface area contributed by atoms with Gasteiger partial charge >= 0.3 is 0 Å². The first kappa shape index (κ1) is 20.1. The van der Waals surface area contributed by atoms with Gasteiger partial charge in [0, 0.05) is 35.8 Å². The molecule has 29 heavy (non-hydrogen) atoms. The van der Waals surface area contributed by atoms with Crippen LogP contribution in [-0.2, 0) is 11.3 Å². The van der Waals surface area contributed by atoms with Crippen LogP contribution in [0.4, 0.5) is 10.1 Å². The second kappa shape index (κ2) is 9.05. The molecular weight excluding hydrogens is 373 g/mol. The molecule has 3 rings (SSSR count). The number of benzene rings is 2. The highest BCUT2D eigenvalue weighted by molar-refractivity contribution is 5.97. The highest BCUT2D eigenvalue weighted by atomic mass is 19.1. The lowest BCUT2D eigenvalue weighted by molar-refractivity contribution is -0.116. The highest BCUT2D eigenvalue weighted by Gasteiger charge is 2.07. The summed E-state index contributed by atoms with van der Waals surface area (Å²) in [5, 5.41) is 7.04. The smallest absolute Gasteiger partial charge is 0.266 e. The number of aromatic nitrogens is 2. The summed E-state index contributed by atoms with van der Waals surface area (Å²) in [6.45, 7) is 1.74. The number of nitrogens with zero attached hydrogens (tertiary/aromatic N) is 2. The number of amides is 1. The monoisotopic (exact) mass is 393 g/mol. The van der Waals surface area contributed by atoms with E-state index in [0.717, 1.165) is 0 Å². The summed E-state index contributed by atoms with van der Waals surface area (Å²) in [5.74, 6) is -0.636. The van der Waals surface area contributed by atoms with Crippen LogP contribution in [0.25, 0.3) is 11.3 Å². The third-order valence-electron chi connectivity index (χ3n) is 4.33. The summed E-state index contributed by atoms with van der Waals surface area (Å²) >= 11 is 0. The normalized spacial score (nSPS) is 10.6. The molecule has 148 valence electrons. The third kappa shape index (κ3) is 5.44. The van der Waals surface area contributed by atoms with Gasteiger partial charge in [-0.1, -0.05) is 12.1 Å². The van der Waals surface area contributed by atoms with Gasteiger partial charge in [-0.15, -0.1) is 0 Å². The zero-order chi connectivity index (χ0) is 20.8. The molecule has 0 aliphatic heterocycles. The second-order valence-electron chi connectivity index (χ2n) is 6.58. The quantitative estimate of drug-likeness (QED) is 0.621. The van der Waals surface area contributed by atoms with E-state index < -0.39 is 0 Å². The van der Waals surface area contributed by atoms with E-state index in [1.807, 2.05) is 0 Å². The Hall–Kier alpha value is -3.61. The molecule has 2 aromatic carbocycles. The molecule has 1 heterocycles. The van der Waals surface area contributed by atoms with E-state index in [9.17, 15) is 18.8 Å². The van der Waals surface area contributed by atoms with Crippen LogP contribution in [0, 0.1) is 5.82 Å². The molecule has 0 aliphatic rings. The fourth-order valence-electron chi connectivity index (χ4n) is 2.81. The predicted molar refractivity (Wildman–Crippen MR) is 108 cm³/mol. The lowest BCUT2D eigenvalue weighted by atomic mass is 10.1. The first-order chi connectivity index (χ1) is 13.9. The number of carbonyl (C=O) groups is 2. The van der Waals surface area contributed by atoms with Gasteiger partial charge < -0.3 is 5.32 Å². The molecule has 6 nitrogen and oxygen atoms in total. The molecule has 0 spiro atoms. The van der Waals surface area contributed by atoms with Gasteiger partial charge in [-0.25, -0.2) is 9.07 Å². The summed E-state index contributed by atoms with van der Waals surface area (Å²) in [7, 11) is 0. The highest BCUT2D eigenvalue weighted by Crippen LogP contribution is 2.16. The summed E-state index contributed by atoms with van der Waals surface area (Å²) in [4.78, 5) is 35.6. The number of aryl methyl sites for hydroxylation is 1. The van der Waals surface area contributed by atoms with Gasteiger partial charge in [0.25, 0.3) is 5.56 Å². The number of ketones is 1. The minimum atomic E-state index is -0.345. The Morgan fingerprint density at radius 3 is 2.55 bits per heavy atom. The van der Waals surface area contributed by atoms with E-state index in [2.05, 4.69) is 10.4 Å². The van der Waals surface area contributed by atoms with E-state index in [-0.39, 0.29) is 36.0 Å². The van der Waals surface area contributed by atoms with Gasteiger partial charge in [0.15, 0.2) is 5.78 Å². The standard InChI is InChI=1S/C22H20FN3O3/c1-15(27)17-4-2-5-19(14-17)24-21(28)6-3-13-26-22(29)12-11-20(25-26)16-7-9-18(23)10-8-16/h2,4-5,7-12,14H,3,6,13H2,1H3,(H,24,28). The lowest BCUT2D eigenvalue weighted by Gasteiger charge is -2.08. The van der Waals surface area contributed by atoms with Crippen molar-refractivity contribution in [3.8, 4) is 11.3 Å². The first-order valence-corrected chi connectivity index (χ1v) is 9.17. The van der Waals surface area contributed by atoms with E-state index in [1.165, 1.54) is 29.8 Å². The average Bonchev–Trinajstić information content (AvgIpc) is 2.70. The minimum absolute atomic E-state index is 0.0763. The summed E-state index contributed by atoms with van der Waals surface area (Å²) in [5.41, 5.74) is 2.05. The number of nitrogens with one attached hydrogen (secondary N) is 1. The van der Waals surface area contributed by atoms with E-state index in [4.69, 9.17) is 0 Å². The van der Waals surface area contributed by atoms with Gasteiger partial charge in [-0.05, 0) is 55.8 Å². The molecule has 3 aromatic rings. The summed E-state index contributed by atoms with van der Waals surface area (Å²) in [6.07, 6.45) is 0.608. The van der Waals surface area contributed by atoms with Crippen LogP contribution in [-0.4, -0.2) is 21.5 Å². The van der Waals surface area contributed by atoms with Crippen LogP contribution in [0.1, 0.15) is 30.1 Å². The molecule has 0 unspecified atom stereocenters. The van der Waals surface area contributed by atoms with Crippen LogP contribution in [0.5, 0.6) is 0 Å². The third-order valence-corrected chi connectivity index (χ3v) is 4.33. The Kier molecular flexibility index (Phi) is 6.29. The molecule has 0 saturated heterocycles. The van der Waals surface area contributed by atoms with Crippen molar-refractivity contribution < 1.29 is 14.0 Å². The molecular formula is C22H20FN3O3. The van der Waals surface area contributed by atoms with Crippen LogP contribution >= 0.6 is 0 Å². The van der Waals surface area contributed by atoms with E-state index in [1.54, 1.807) is 42.5 Å². The zero-order valence-electron chi connectivity index (χ0n) is 15.9. The van der Waals surface area contributed by atoms with Crippen LogP contribution in [0.3, 0.4) is 0 Å². The largest absolute Gasteiger partial charge is 0.326 e. The van der Waals surface area contributed by atoms with E-state index in [0.29, 0.717) is 28.9 Å². The van der Waals surface area contributed by atoms with Crippen molar-refractivity contribution in [2.24, 2.45) is 0 Å². The number of anilines is 1. The molecule has 0 radical (unpaired) electrons. The molecule has 7 heteroatoms. The van der Waals surface area contributed by atoms with Crippen LogP contribution in [0.2, 0.25) is 0 Å². The number of rotatable bonds is 7. The first-order valence-electron chi connectivity index (χ1n) is 9.17. The molecule has 1 aromatic heterocycles. The Morgan fingerprint density at radius 2 is 1.83 bits per heavy atom. The van der Waals surface area contributed by atoms with Crippen LogP contribution < -0.4 is 10.9 Å². The molecule has 0 saturated carbocycles. The Balaban J connectivity index is 1.60. The number of Topliss-reactive ketones (excluding diaryl/α,β-unsaturated/α-hetero) is 1. The molecule has 0 fully saturated rings. The van der Waals surface area contributed by atoms with Crippen molar-refractivity contribution in [3.63, 3.8) is 0 Å². The van der Waals surface area contributed by atoms with Crippen molar-refractivity contribution in [1.82, 2.24) is 9.78 Å². The average molecular weight is 393 g/mol. The SMILES string of the molecule is CC(=O)c1cccc(NC(=O)CCCn2nc(-c3ccc(F)cc3)ccc2=O)c1. The maximum atomic E-state index is 13.1. The summed E-state index contributed by atoms with van der Waals surface area (Å²) < 4.78 is 14.4. The predicted octanol–water partition coefficient (Wildman–Crippen LogP) is 3.67. The van der Waals surface area contributed by atoms with Crippen molar-refractivity contribution in [2.45, 2.75) is 26.3 Å². The second-order valence-corrected chi connectivity index (χ2v) is 6.58. The number of halogens is 1. The molecule has 0 bridgehead atoms. The maximum absolute atomic E-state index is 13.1. The van der Waals surface area contributed by atoms with Crippen molar-refractivity contribution in [2.75, 3.05) is 5.32 Å². The molecule has 0 atom stereocenters. The molecule has 1 amide bonds. The van der Waals surface area contributed by atoms with Gasteiger partial charge in [-0.2, -0.15) is 5.10 Å². The van der Waals surface area contributed by atoms with Crippen LogP contribution in [0.15, 0.2) is 65.5 Å². The fraction of sp³-hybridized carbons (Fsp3) is 0.182. The zero-order valence-corrected chi connectivity index (χ0v) is 15.9. The maximum Gasteiger partial charge on any atom is 0.266 e. The van der Waals surface area contributed by atoms with E-state index >= 15 is 0 Å². The molecule has 1 N–H and O–H groups in total. The minimum Gasteiger partial charge on any atom is -0.326 e. The van der Waals surface area contributed by atoms with Gasteiger partial charge in [-0.3, -0.25) is 14.4 Å². The number of hydrogen-bond acceptors (Lipinski definition) is 4. The summed E-state index contributed by atoms with van der Waals surface area (Å²) in [6, 6.07) is 15.6. The van der Waals surface area contributed by atoms with Gasteiger partial charge in [0.1, 0.15) is 5.82 Å². The lowest BCUT2D eigenvalue weighted by Crippen LogP contribution is -2.23. The topological polar surface area (TPSA) is 81.1 Å². The van der Waals surface area contributed by atoms with Gasteiger partial charge in [0.2, 0.25) is 5.91 Å².